The van der Waals surface area contributed by atoms with E-state index in [0.717, 1.165) is 50.9 Å². The molecule has 0 heterocycles. The molecular weight excluding hydrogens is 866 g/mol. The van der Waals surface area contributed by atoms with Gasteiger partial charge in [0, 0.05) is 18.8 Å². The molecule has 5 N–H and O–H groups in total. The molecule has 0 aromatic heterocycles. The van der Waals surface area contributed by atoms with Gasteiger partial charge in [-0.2, -0.15) is 0 Å². The molecule has 0 fully saturated rings. The molecule has 0 aliphatic heterocycles. The molecule has 17 heteroatoms. The number of hydrogen-bond acceptors (Lipinski definition) is 12. The van der Waals surface area contributed by atoms with Crippen LogP contribution in [-0.4, -0.2) is 87.4 Å². The van der Waals surface area contributed by atoms with Crippen molar-refractivity contribution in [3.05, 3.63) is 36.5 Å². The van der Waals surface area contributed by atoms with E-state index in [1.165, 1.54) is 70.6 Å². The fourth-order valence-corrected chi connectivity index (χ4v) is 8.29. The Morgan fingerprint density at radius 1 is 0.703 bits per heavy atom. The van der Waals surface area contributed by atoms with Crippen molar-refractivity contribution < 1.29 is 71.5 Å². The summed E-state index contributed by atoms with van der Waals surface area (Å²) in [5, 5.41) is 20.0. The maximum absolute atomic E-state index is 12.7. The van der Waals surface area contributed by atoms with Gasteiger partial charge in [0.2, 0.25) is 0 Å². The average Bonchev–Trinajstić information content (AvgIpc) is 3.61. The third-order valence-electron chi connectivity index (χ3n) is 11.3. The summed E-state index contributed by atoms with van der Waals surface area (Å²) in [4.78, 5) is 65.4. The second-order valence-electron chi connectivity index (χ2n) is 17.3. The molecular formula is C47H84O15P2. The number of unbranched alkanes of at least 4 members (excludes halogenated alkanes) is 16. The van der Waals surface area contributed by atoms with Crippen LogP contribution in [0.5, 0.6) is 0 Å². The lowest BCUT2D eigenvalue weighted by molar-refractivity contribution is -0.161. The number of phosphoric ester groups is 2. The molecule has 0 saturated heterocycles. The minimum Gasteiger partial charge on any atom is -0.462 e. The summed E-state index contributed by atoms with van der Waals surface area (Å²) < 4.78 is 47.9. The maximum atomic E-state index is 12.7. The number of phosphoric acid groups is 2. The number of allylic oxidation sites excluding steroid dienone is 5. The van der Waals surface area contributed by atoms with Crippen LogP contribution in [0.3, 0.4) is 0 Å². The van der Waals surface area contributed by atoms with Crippen LogP contribution >= 0.6 is 15.6 Å². The van der Waals surface area contributed by atoms with Crippen LogP contribution in [0, 0.1) is 17.8 Å². The van der Waals surface area contributed by atoms with Gasteiger partial charge in [-0.25, -0.2) is 9.13 Å². The van der Waals surface area contributed by atoms with Crippen molar-refractivity contribution in [2.45, 2.75) is 200 Å². The Labute approximate surface area is 384 Å². The van der Waals surface area contributed by atoms with E-state index >= 15 is 0 Å². The van der Waals surface area contributed by atoms with Gasteiger partial charge in [0.1, 0.15) is 12.7 Å². The minimum absolute atomic E-state index is 0.0112. The van der Waals surface area contributed by atoms with Gasteiger partial charge in [-0.05, 0) is 50.0 Å². The first-order valence-electron chi connectivity index (χ1n) is 24.1. The third-order valence-corrected chi connectivity index (χ3v) is 12.7. The standard InChI is InChI=1S/C47H84O15P2/c1-4-6-21-28-41(48)32-33-44-40(31-34-45(44)50)27-23-19-20-24-29-46(51)58-37-43(38-61-64(56,57)60-36-42(49)35-59-63(53,54)55)62-47(52)30-25-18-16-14-12-10-8-7-9-11-13-15-17-22-26-39(3)5-2/h19,23,31-34,39-44,48-49H,4-18,20-22,24-30,35-38H2,1-3H3,(H,56,57)(H2,53,54,55)/b23-19-,33-32+/t39?,40-,41-,42-,43+,44+/m0/s1. The highest BCUT2D eigenvalue weighted by Crippen LogP contribution is 2.44. The lowest BCUT2D eigenvalue weighted by Gasteiger charge is -2.20. The van der Waals surface area contributed by atoms with Crippen molar-refractivity contribution in [3.63, 3.8) is 0 Å². The normalized spacial score (nSPS) is 18.4. The van der Waals surface area contributed by atoms with Gasteiger partial charge in [0.25, 0.3) is 0 Å². The topological polar surface area (TPSA) is 233 Å². The number of carbonyl (C=O) groups excluding carboxylic acids is 3. The van der Waals surface area contributed by atoms with E-state index in [4.69, 9.17) is 28.3 Å². The quantitative estimate of drug-likeness (QED) is 0.0166. The number of rotatable bonds is 42. The fourth-order valence-electron chi connectivity index (χ4n) is 7.14. The van der Waals surface area contributed by atoms with E-state index in [1.54, 1.807) is 18.2 Å². The molecule has 0 saturated carbocycles. The van der Waals surface area contributed by atoms with Crippen molar-refractivity contribution >= 4 is 33.4 Å². The molecule has 0 radical (unpaired) electrons. The second kappa shape index (κ2) is 37.0. The fraction of sp³-hybridized carbons (Fsp3) is 0.809. The number of ether oxygens (including phenoxy) is 2. The summed E-state index contributed by atoms with van der Waals surface area (Å²) in [7, 11) is -9.75. The van der Waals surface area contributed by atoms with E-state index in [2.05, 4.69) is 25.3 Å². The second-order valence-corrected chi connectivity index (χ2v) is 20.0. The Morgan fingerprint density at radius 2 is 1.27 bits per heavy atom. The predicted octanol–water partition coefficient (Wildman–Crippen LogP) is 10.3. The third kappa shape index (κ3) is 34.3. The zero-order chi connectivity index (χ0) is 47.5. The summed E-state index contributed by atoms with van der Waals surface area (Å²) >= 11 is 0. The summed E-state index contributed by atoms with van der Waals surface area (Å²) in [5.74, 6) is -0.648. The first-order valence-corrected chi connectivity index (χ1v) is 27.2. The van der Waals surface area contributed by atoms with Gasteiger partial charge in [-0.3, -0.25) is 28.0 Å². The van der Waals surface area contributed by atoms with Crippen molar-refractivity contribution in [1.82, 2.24) is 0 Å². The van der Waals surface area contributed by atoms with Crippen LogP contribution in [0.15, 0.2) is 36.5 Å². The largest absolute Gasteiger partial charge is 0.472 e. The van der Waals surface area contributed by atoms with Gasteiger partial charge in [0.15, 0.2) is 11.9 Å². The summed E-state index contributed by atoms with van der Waals surface area (Å²) in [6.45, 7) is 3.82. The minimum atomic E-state index is -4.89. The Morgan fingerprint density at radius 3 is 1.88 bits per heavy atom. The molecule has 0 amide bonds. The zero-order valence-electron chi connectivity index (χ0n) is 39.1. The molecule has 1 aliphatic carbocycles. The van der Waals surface area contributed by atoms with Crippen LogP contribution in [0.2, 0.25) is 0 Å². The highest BCUT2D eigenvalue weighted by Gasteiger charge is 2.29. The summed E-state index contributed by atoms with van der Waals surface area (Å²) in [5.41, 5.74) is 0. The first kappa shape index (κ1) is 60.0. The first-order chi connectivity index (χ1) is 30.5. The predicted molar refractivity (Wildman–Crippen MR) is 248 cm³/mol. The smallest absolute Gasteiger partial charge is 0.462 e. The number of ketones is 1. The van der Waals surface area contributed by atoms with Crippen molar-refractivity contribution in [3.8, 4) is 0 Å². The van der Waals surface area contributed by atoms with Crippen LogP contribution in [0.1, 0.15) is 181 Å². The van der Waals surface area contributed by atoms with Crippen LogP contribution < -0.4 is 0 Å². The molecule has 0 bridgehead atoms. The highest BCUT2D eigenvalue weighted by atomic mass is 31.2. The molecule has 7 atom stereocenters. The van der Waals surface area contributed by atoms with Gasteiger partial charge in [-0.1, -0.05) is 167 Å². The zero-order valence-corrected chi connectivity index (χ0v) is 40.9. The molecule has 64 heavy (non-hydrogen) atoms. The van der Waals surface area contributed by atoms with Crippen LogP contribution in [-0.2, 0) is 46.6 Å². The van der Waals surface area contributed by atoms with Gasteiger partial charge in [-0.15, -0.1) is 0 Å². The van der Waals surface area contributed by atoms with Gasteiger partial charge in [0.05, 0.1) is 25.9 Å². The van der Waals surface area contributed by atoms with Crippen molar-refractivity contribution in [2.75, 3.05) is 26.4 Å². The molecule has 372 valence electrons. The van der Waals surface area contributed by atoms with Gasteiger partial charge < -0.3 is 34.4 Å². The number of carbonyl (C=O) groups is 3. The number of aliphatic hydroxyl groups excluding tert-OH is 2. The van der Waals surface area contributed by atoms with E-state index in [1.807, 2.05) is 18.2 Å². The SMILES string of the molecule is CCCCC[C@H](O)/C=C/[C@H]1C(=O)C=C[C@@H]1C/C=C\CCCC(=O)OC[C@H](COP(=O)(O)OC[C@@H](O)COP(=O)(O)O)OC(=O)CCCCCCCCCCCCCCCCC(C)CC. The lowest BCUT2D eigenvalue weighted by Crippen LogP contribution is -2.30. The number of aliphatic hydroxyl groups is 2. The summed E-state index contributed by atoms with van der Waals surface area (Å²) in [6.07, 6.45) is 31.9. The van der Waals surface area contributed by atoms with E-state index in [9.17, 15) is 38.6 Å². The average molecular weight is 951 g/mol. The number of esters is 2. The van der Waals surface area contributed by atoms with Crippen LogP contribution in [0.25, 0.3) is 0 Å². The Hall–Kier alpha value is -2.03. The molecule has 0 aromatic rings. The van der Waals surface area contributed by atoms with E-state index in [0.29, 0.717) is 32.1 Å². The summed E-state index contributed by atoms with van der Waals surface area (Å²) in [6, 6.07) is 0. The van der Waals surface area contributed by atoms with E-state index < -0.39 is 72.3 Å². The lowest BCUT2D eigenvalue weighted by atomic mass is 9.90. The molecule has 2 unspecified atom stereocenters. The molecule has 1 aliphatic rings. The highest BCUT2D eigenvalue weighted by molar-refractivity contribution is 7.47. The molecule has 15 nitrogen and oxygen atoms in total. The molecule has 0 aromatic carbocycles. The Balaban J connectivity index is 2.47. The number of hydrogen-bond donors (Lipinski definition) is 5. The molecule has 1 rings (SSSR count). The Kier molecular flexibility index (Phi) is 34.7. The van der Waals surface area contributed by atoms with Crippen LogP contribution in [0.4, 0.5) is 0 Å². The maximum Gasteiger partial charge on any atom is 0.472 e. The van der Waals surface area contributed by atoms with Crippen molar-refractivity contribution in [2.24, 2.45) is 17.8 Å². The monoisotopic (exact) mass is 951 g/mol. The molecule has 0 spiro atoms. The van der Waals surface area contributed by atoms with Gasteiger partial charge >= 0.3 is 27.6 Å². The Bertz CT molecular complexity index is 1430. The van der Waals surface area contributed by atoms with E-state index in [-0.39, 0.29) is 30.5 Å². The van der Waals surface area contributed by atoms with Crippen molar-refractivity contribution in [1.29, 1.82) is 0 Å².